The number of pyridine rings is 1. The van der Waals surface area contributed by atoms with E-state index in [1.54, 1.807) is 17.5 Å². The van der Waals surface area contributed by atoms with E-state index in [2.05, 4.69) is 27.8 Å². The Bertz CT molecular complexity index is 395. The van der Waals surface area contributed by atoms with Gasteiger partial charge in [-0.15, -0.1) is 11.3 Å². The molecule has 72 valence electrons. The number of nitrogens with one attached hydrogen (secondary N) is 1. The van der Waals surface area contributed by atoms with Crippen LogP contribution in [0.15, 0.2) is 36.0 Å². The van der Waals surface area contributed by atoms with Crippen molar-refractivity contribution in [3.63, 3.8) is 0 Å². The van der Waals surface area contributed by atoms with E-state index in [9.17, 15) is 0 Å². The molecule has 0 saturated carbocycles. The molecule has 0 aromatic carbocycles. The molecule has 2 heterocycles. The van der Waals surface area contributed by atoms with Gasteiger partial charge in [-0.25, -0.2) is 0 Å². The van der Waals surface area contributed by atoms with Crippen LogP contribution in [0.4, 0.5) is 0 Å². The Hall–Kier alpha value is -1.19. The van der Waals surface area contributed by atoms with Crippen LogP contribution < -0.4 is 5.32 Å². The first-order valence-corrected chi connectivity index (χ1v) is 5.40. The molecule has 2 aromatic heterocycles. The molecule has 0 spiro atoms. The van der Waals surface area contributed by atoms with Gasteiger partial charge in [0.1, 0.15) is 0 Å². The van der Waals surface area contributed by atoms with Gasteiger partial charge in [-0.3, -0.25) is 4.98 Å². The second kappa shape index (κ2) is 4.35. The lowest BCUT2D eigenvalue weighted by atomic mass is 10.2. The number of nitrogens with zero attached hydrogens (tertiary/aromatic N) is 1. The topological polar surface area (TPSA) is 24.9 Å². The first-order chi connectivity index (χ1) is 6.90. The Morgan fingerprint density at radius 3 is 3.14 bits per heavy atom. The molecule has 0 radical (unpaired) electrons. The third-order valence-corrected chi connectivity index (χ3v) is 3.01. The predicted molar refractivity (Wildman–Crippen MR) is 60.3 cm³/mol. The molecule has 0 bridgehead atoms. The quantitative estimate of drug-likeness (QED) is 0.831. The lowest BCUT2D eigenvalue weighted by Gasteiger charge is -1.94. The van der Waals surface area contributed by atoms with Gasteiger partial charge in [0.25, 0.3) is 0 Å². The third-order valence-electron chi connectivity index (χ3n) is 1.98. The highest BCUT2D eigenvalue weighted by molar-refractivity contribution is 7.13. The van der Waals surface area contributed by atoms with Crippen molar-refractivity contribution in [2.75, 3.05) is 7.05 Å². The molecule has 0 aliphatic heterocycles. The van der Waals surface area contributed by atoms with Crippen LogP contribution in [0.25, 0.3) is 10.4 Å². The van der Waals surface area contributed by atoms with Crippen molar-refractivity contribution in [3.05, 3.63) is 41.5 Å². The summed E-state index contributed by atoms with van der Waals surface area (Å²) in [5, 5.41) is 5.32. The van der Waals surface area contributed by atoms with Crippen LogP contribution in [0.1, 0.15) is 5.56 Å². The number of aromatic nitrogens is 1. The second-order valence-electron chi connectivity index (χ2n) is 3.09. The molecule has 0 aliphatic carbocycles. The number of hydrogen-bond donors (Lipinski definition) is 1. The van der Waals surface area contributed by atoms with E-state index in [1.807, 2.05) is 19.3 Å². The summed E-state index contributed by atoms with van der Waals surface area (Å²) in [4.78, 5) is 5.39. The van der Waals surface area contributed by atoms with Crippen LogP contribution in [0.2, 0.25) is 0 Å². The van der Waals surface area contributed by atoms with Gasteiger partial charge in [-0.05, 0) is 30.1 Å². The third kappa shape index (κ3) is 2.00. The summed E-state index contributed by atoms with van der Waals surface area (Å²) in [5.41, 5.74) is 2.52. The van der Waals surface area contributed by atoms with Crippen molar-refractivity contribution in [2.24, 2.45) is 0 Å². The molecule has 2 aromatic rings. The van der Waals surface area contributed by atoms with E-state index in [1.165, 1.54) is 16.0 Å². The monoisotopic (exact) mass is 204 g/mol. The van der Waals surface area contributed by atoms with Crippen molar-refractivity contribution in [1.29, 1.82) is 0 Å². The van der Waals surface area contributed by atoms with E-state index < -0.39 is 0 Å². The Labute approximate surface area is 87.6 Å². The largest absolute Gasteiger partial charge is 0.316 e. The average Bonchev–Trinajstić information content (AvgIpc) is 2.68. The molecular weight excluding hydrogens is 192 g/mol. The van der Waals surface area contributed by atoms with Crippen LogP contribution in [-0.2, 0) is 6.54 Å². The van der Waals surface area contributed by atoms with E-state index >= 15 is 0 Å². The summed E-state index contributed by atoms with van der Waals surface area (Å²) in [5.74, 6) is 0. The van der Waals surface area contributed by atoms with Crippen molar-refractivity contribution in [3.8, 4) is 10.4 Å². The fourth-order valence-electron chi connectivity index (χ4n) is 1.33. The standard InChI is InChI=1S/C11H12N2S/c1-12-6-9-5-11(14-8-9)10-3-2-4-13-7-10/h2-5,7-8,12H,6H2,1H3. The van der Waals surface area contributed by atoms with Crippen molar-refractivity contribution in [2.45, 2.75) is 6.54 Å². The summed E-state index contributed by atoms with van der Waals surface area (Å²) in [7, 11) is 1.96. The normalized spacial score (nSPS) is 10.4. The van der Waals surface area contributed by atoms with E-state index in [4.69, 9.17) is 0 Å². The van der Waals surface area contributed by atoms with Gasteiger partial charge < -0.3 is 5.32 Å². The molecule has 0 atom stereocenters. The molecule has 14 heavy (non-hydrogen) atoms. The SMILES string of the molecule is CNCc1csc(-c2cccnc2)c1. The molecule has 0 fully saturated rings. The van der Waals surface area contributed by atoms with Crippen LogP contribution in [0.5, 0.6) is 0 Å². The minimum atomic E-state index is 0.927. The van der Waals surface area contributed by atoms with Gasteiger partial charge in [0.2, 0.25) is 0 Å². The maximum atomic E-state index is 4.11. The minimum Gasteiger partial charge on any atom is -0.316 e. The smallest absolute Gasteiger partial charge is 0.0361 e. The molecular formula is C11H12N2S. The Morgan fingerprint density at radius 1 is 1.50 bits per heavy atom. The van der Waals surface area contributed by atoms with Crippen LogP contribution in [-0.4, -0.2) is 12.0 Å². The highest BCUT2D eigenvalue weighted by atomic mass is 32.1. The first kappa shape index (κ1) is 9.37. The summed E-state index contributed by atoms with van der Waals surface area (Å²) >= 11 is 1.76. The lowest BCUT2D eigenvalue weighted by molar-refractivity contribution is 0.821. The second-order valence-corrected chi connectivity index (χ2v) is 4.00. The average molecular weight is 204 g/mol. The maximum Gasteiger partial charge on any atom is 0.0361 e. The fourth-order valence-corrected chi connectivity index (χ4v) is 2.24. The highest BCUT2D eigenvalue weighted by Gasteiger charge is 2.01. The zero-order chi connectivity index (χ0) is 9.80. The molecule has 0 saturated heterocycles. The summed E-state index contributed by atoms with van der Waals surface area (Å²) in [6.45, 7) is 0.927. The molecule has 2 nitrogen and oxygen atoms in total. The fraction of sp³-hybridized carbons (Fsp3) is 0.182. The summed E-state index contributed by atoms with van der Waals surface area (Å²) in [6.07, 6.45) is 3.70. The van der Waals surface area contributed by atoms with Gasteiger partial charge in [0.15, 0.2) is 0 Å². The minimum absolute atomic E-state index is 0.927. The Morgan fingerprint density at radius 2 is 2.43 bits per heavy atom. The predicted octanol–water partition coefficient (Wildman–Crippen LogP) is 2.53. The van der Waals surface area contributed by atoms with Gasteiger partial charge >= 0.3 is 0 Å². The highest BCUT2D eigenvalue weighted by Crippen LogP contribution is 2.26. The summed E-state index contributed by atoms with van der Waals surface area (Å²) < 4.78 is 0. The molecule has 3 heteroatoms. The number of thiophene rings is 1. The number of hydrogen-bond acceptors (Lipinski definition) is 3. The van der Waals surface area contributed by atoms with E-state index in [0.717, 1.165) is 6.54 Å². The van der Waals surface area contributed by atoms with Crippen molar-refractivity contribution < 1.29 is 0 Å². The molecule has 0 aliphatic rings. The molecule has 0 amide bonds. The molecule has 2 rings (SSSR count). The van der Waals surface area contributed by atoms with Crippen molar-refractivity contribution in [1.82, 2.24) is 10.3 Å². The van der Waals surface area contributed by atoms with Gasteiger partial charge in [0.05, 0.1) is 0 Å². The first-order valence-electron chi connectivity index (χ1n) is 4.52. The maximum absolute atomic E-state index is 4.11. The Balaban J connectivity index is 2.25. The van der Waals surface area contributed by atoms with Gasteiger partial charge in [-0.1, -0.05) is 6.07 Å². The zero-order valence-electron chi connectivity index (χ0n) is 8.03. The molecule has 0 unspecified atom stereocenters. The summed E-state index contributed by atoms with van der Waals surface area (Å²) in [6, 6.07) is 6.26. The molecule has 1 N–H and O–H groups in total. The van der Waals surface area contributed by atoms with E-state index in [0.29, 0.717) is 0 Å². The van der Waals surface area contributed by atoms with Gasteiger partial charge in [0, 0.05) is 29.4 Å². The van der Waals surface area contributed by atoms with Crippen molar-refractivity contribution >= 4 is 11.3 Å². The van der Waals surface area contributed by atoms with E-state index in [-0.39, 0.29) is 0 Å². The zero-order valence-corrected chi connectivity index (χ0v) is 8.84. The number of rotatable bonds is 3. The van der Waals surface area contributed by atoms with Crippen LogP contribution >= 0.6 is 11.3 Å². The van der Waals surface area contributed by atoms with Crippen LogP contribution in [0, 0.1) is 0 Å². The van der Waals surface area contributed by atoms with Crippen LogP contribution in [0.3, 0.4) is 0 Å². The Kier molecular flexibility index (Phi) is 2.91. The lowest BCUT2D eigenvalue weighted by Crippen LogP contribution is -2.03. The van der Waals surface area contributed by atoms with Gasteiger partial charge in [-0.2, -0.15) is 0 Å².